The van der Waals surface area contributed by atoms with Crippen LogP contribution in [0.5, 0.6) is 0 Å². The van der Waals surface area contributed by atoms with Crippen LogP contribution in [0.25, 0.3) is 6.08 Å². The van der Waals surface area contributed by atoms with Gasteiger partial charge in [-0.1, -0.05) is 24.8 Å². The fourth-order valence-corrected chi connectivity index (χ4v) is 3.25. The Bertz CT molecular complexity index is 580. The van der Waals surface area contributed by atoms with Crippen LogP contribution < -0.4 is 5.32 Å². The molecule has 2 aliphatic rings. The zero-order chi connectivity index (χ0) is 15.0. The van der Waals surface area contributed by atoms with Gasteiger partial charge in [-0.25, -0.2) is 0 Å². The number of hydrogen-bond donors (Lipinski definition) is 2. The number of rotatable bonds is 4. The molecule has 2 saturated heterocycles. The molecule has 2 bridgehead atoms. The van der Waals surface area contributed by atoms with E-state index in [9.17, 15) is 14.7 Å². The summed E-state index contributed by atoms with van der Waals surface area (Å²) in [4.78, 5) is 23.8. The van der Waals surface area contributed by atoms with Crippen molar-refractivity contribution in [1.29, 1.82) is 0 Å². The van der Waals surface area contributed by atoms with E-state index >= 15 is 0 Å². The van der Waals surface area contributed by atoms with Gasteiger partial charge in [0.1, 0.15) is 0 Å². The molecule has 1 aromatic rings. The summed E-state index contributed by atoms with van der Waals surface area (Å²) in [7, 11) is 0. The number of hydrogen-bond acceptors (Lipinski definition) is 3. The average Bonchev–Trinajstić information content (AvgIpc) is 3.08. The van der Waals surface area contributed by atoms with Gasteiger partial charge in [-0.05, 0) is 30.5 Å². The Hall–Kier alpha value is -2.14. The van der Waals surface area contributed by atoms with Crippen molar-refractivity contribution < 1.29 is 19.4 Å². The molecule has 1 aromatic carbocycles. The lowest BCUT2D eigenvalue weighted by atomic mass is 9.78. The molecule has 0 spiro atoms. The maximum Gasteiger partial charge on any atom is 0.310 e. The number of carboxylic acids is 1. The number of nitrogens with one attached hydrogen (secondary N) is 1. The minimum atomic E-state index is -0.954. The third kappa shape index (κ3) is 2.45. The monoisotopic (exact) mass is 287 g/mol. The molecular formula is C16H17NO4. The first-order chi connectivity index (χ1) is 10.1. The third-order valence-corrected chi connectivity index (χ3v) is 4.28. The van der Waals surface area contributed by atoms with Gasteiger partial charge in [0, 0.05) is 5.69 Å². The SMILES string of the molecule is C=Cc1ccc(NC(=O)C2C(C(=O)O)[C@@H]3CC[C@H]2O3)cc1. The zero-order valence-electron chi connectivity index (χ0n) is 11.5. The van der Waals surface area contributed by atoms with Gasteiger partial charge in [0.15, 0.2) is 0 Å². The summed E-state index contributed by atoms with van der Waals surface area (Å²) in [5.41, 5.74) is 1.61. The Labute approximate surface area is 122 Å². The van der Waals surface area contributed by atoms with Gasteiger partial charge >= 0.3 is 5.97 Å². The summed E-state index contributed by atoms with van der Waals surface area (Å²) in [5, 5.41) is 12.1. The second-order valence-corrected chi connectivity index (χ2v) is 5.50. The van der Waals surface area contributed by atoms with Gasteiger partial charge in [-0.2, -0.15) is 0 Å². The Morgan fingerprint density at radius 3 is 2.38 bits per heavy atom. The van der Waals surface area contributed by atoms with Crippen molar-refractivity contribution >= 4 is 23.6 Å². The molecule has 2 unspecified atom stereocenters. The summed E-state index contributed by atoms with van der Waals surface area (Å²) in [5.74, 6) is -2.58. The number of anilines is 1. The van der Waals surface area contributed by atoms with Crippen molar-refractivity contribution in [3.05, 3.63) is 36.4 Å². The highest BCUT2D eigenvalue weighted by molar-refractivity contribution is 5.96. The standard InChI is InChI=1S/C16H17NO4/c1-2-9-3-5-10(6-4-9)17-15(18)13-11-7-8-12(21-11)14(13)16(19)20/h2-6,11-14H,1,7-8H2,(H,17,18)(H,19,20)/t11-,12+,13?,14?/m1/s1. The number of carboxylic acid groups (broad SMARTS) is 1. The van der Waals surface area contributed by atoms with Crippen LogP contribution in [-0.2, 0) is 14.3 Å². The van der Waals surface area contributed by atoms with Crippen LogP contribution in [0.4, 0.5) is 5.69 Å². The molecule has 0 saturated carbocycles. The van der Waals surface area contributed by atoms with Gasteiger partial charge in [0.05, 0.1) is 24.0 Å². The molecule has 2 fully saturated rings. The quantitative estimate of drug-likeness (QED) is 0.889. The van der Waals surface area contributed by atoms with Crippen molar-refractivity contribution in [2.75, 3.05) is 5.32 Å². The fourth-order valence-electron chi connectivity index (χ4n) is 3.25. The summed E-state index contributed by atoms with van der Waals surface area (Å²) >= 11 is 0. The maximum absolute atomic E-state index is 12.4. The van der Waals surface area contributed by atoms with Crippen molar-refractivity contribution in [2.45, 2.75) is 25.0 Å². The van der Waals surface area contributed by atoms with Crippen molar-refractivity contribution in [1.82, 2.24) is 0 Å². The molecule has 0 aromatic heterocycles. The van der Waals surface area contributed by atoms with Crippen molar-refractivity contribution in [3.8, 4) is 0 Å². The molecular weight excluding hydrogens is 270 g/mol. The lowest BCUT2D eigenvalue weighted by Crippen LogP contribution is -2.40. The zero-order valence-corrected chi connectivity index (χ0v) is 11.5. The first-order valence-electron chi connectivity index (χ1n) is 7.02. The molecule has 110 valence electrons. The highest BCUT2D eigenvalue weighted by Crippen LogP contribution is 2.44. The highest BCUT2D eigenvalue weighted by Gasteiger charge is 2.55. The van der Waals surface area contributed by atoms with E-state index in [-0.39, 0.29) is 18.1 Å². The number of carbonyl (C=O) groups is 2. The molecule has 21 heavy (non-hydrogen) atoms. The van der Waals surface area contributed by atoms with Crippen LogP contribution in [-0.4, -0.2) is 29.2 Å². The summed E-state index contributed by atoms with van der Waals surface area (Å²) in [6.45, 7) is 3.67. The molecule has 5 nitrogen and oxygen atoms in total. The smallest absolute Gasteiger partial charge is 0.310 e. The number of amides is 1. The van der Waals surface area contributed by atoms with Crippen LogP contribution in [0, 0.1) is 11.8 Å². The van der Waals surface area contributed by atoms with Crippen molar-refractivity contribution in [3.63, 3.8) is 0 Å². The number of fused-ring (bicyclic) bond motifs is 2. The Morgan fingerprint density at radius 2 is 1.81 bits per heavy atom. The fraction of sp³-hybridized carbons (Fsp3) is 0.375. The van der Waals surface area contributed by atoms with E-state index in [1.54, 1.807) is 18.2 Å². The Morgan fingerprint density at radius 1 is 1.19 bits per heavy atom. The van der Waals surface area contributed by atoms with E-state index in [1.165, 1.54) is 0 Å². The van der Waals surface area contributed by atoms with E-state index in [0.717, 1.165) is 18.4 Å². The van der Waals surface area contributed by atoms with Crippen molar-refractivity contribution in [2.24, 2.45) is 11.8 Å². The van der Waals surface area contributed by atoms with Crippen LogP contribution in [0.15, 0.2) is 30.8 Å². The van der Waals surface area contributed by atoms with Gasteiger partial charge in [0.2, 0.25) is 5.91 Å². The number of aliphatic carboxylic acids is 1. The Kier molecular flexibility index (Phi) is 3.51. The normalized spacial score (nSPS) is 30.1. The second kappa shape index (κ2) is 5.33. The average molecular weight is 287 g/mol. The Balaban J connectivity index is 1.74. The van der Waals surface area contributed by atoms with Crippen LogP contribution >= 0.6 is 0 Å². The molecule has 2 heterocycles. The van der Waals surface area contributed by atoms with Crippen LogP contribution in [0.1, 0.15) is 18.4 Å². The molecule has 5 heteroatoms. The van der Waals surface area contributed by atoms with E-state index < -0.39 is 17.8 Å². The van der Waals surface area contributed by atoms with E-state index in [2.05, 4.69) is 11.9 Å². The molecule has 2 aliphatic heterocycles. The predicted octanol–water partition coefficient (Wildman–Crippen LogP) is 2.15. The highest BCUT2D eigenvalue weighted by atomic mass is 16.5. The summed E-state index contributed by atoms with van der Waals surface area (Å²) in [6, 6.07) is 7.24. The first-order valence-corrected chi connectivity index (χ1v) is 7.02. The number of carbonyl (C=O) groups excluding carboxylic acids is 1. The largest absolute Gasteiger partial charge is 0.481 e. The lowest BCUT2D eigenvalue weighted by Gasteiger charge is -2.23. The molecule has 0 aliphatic carbocycles. The number of benzene rings is 1. The van der Waals surface area contributed by atoms with Gasteiger partial charge in [-0.3, -0.25) is 9.59 Å². The van der Waals surface area contributed by atoms with E-state index in [4.69, 9.17) is 4.74 Å². The molecule has 3 rings (SSSR count). The summed E-state index contributed by atoms with van der Waals surface area (Å²) in [6.07, 6.45) is 2.59. The minimum Gasteiger partial charge on any atom is -0.481 e. The lowest BCUT2D eigenvalue weighted by molar-refractivity contribution is -0.147. The first kappa shape index (κ1) is 13.8. The van der Waals surface area contributed by atoms with Crippen LogP contribution in [0.3, 0.4) is 0 Å². The van der Waals surface area contributed by atoms with Crippen LogP contribution in [0.2, 0.25) is 0 Å². The maximum atomic E-state index is 12.4. The van der Waals surface area contributed by atoms with E-state index in [0.29, 0.717) is 5.69 Å². The predicted molar refractivity (Wildman–Crippen MR) is 77.7 cm³/mol. The summed E-state index contributed by atoms with van der Waals surface area (Å²) < 4.78 is 5.60. The molecule has 0 radical (unpaired) electrons. The van der Waals surface area contributed by atoms with E-state index in [1.807, 2.05) is 12.1 Å². The van der Waals surface area contributed by atoms with Gasteiger partial charge in [0.25, 0.3) is 0 Å². The topological polar surface area (TPSA) is 75.6 Å². The number of ether oxygens (including phenoxy) is 1. The van der Waals surface area contributed by atoms with Gasteiger partial charge < -0.3 is 15.2 Å². The molecule has 2 N–H and O–H groups in total. The molecule has 4 atom stereocenters. The van der Waals surface area contributed by atoms with Gasteiger partial charge in [-0.15, -0.1) is 0 Å². The third-order valence-electron chi connectivity index (χ3n) is 4.28. The molecule has 1 amide bonds. The second-order valence-electron chi connectivity index (χ2n) is 5.50. The minimum absolute atomic E-state index is 0.274.